The van der Waals surface area contributed by atoms with Crippen LogP contribution in [0.5, 0.6) is 0 Å². The number of pyridine rings is 1. The third-order valence-electron chi connectivity index (χ3n) is 5.19. The summed E-state index contributed by atoms with van der Waals surface area (Å²) < 4.78 is 10.9. The van der Waals surface area contributed by atoms with Crippen LogP contribution < -0.4 is 5.32 Å². The molecule has 6 nitrogen and oxygen atoms in total. The Bertz CT molecular complexity index is 946. The molecule has 0 bridgehead atoms. The maximum atomic E-state index is 13.1. The Morgan fingerprint density at radius 2 is 2.11 bits per heavy atom. The second-order valence-electron chi connectivity index (χ2n) is 7.11. The Balaban J connectivity index is 1.68. The lowest BCUT2D eigenvalue weighted by atomic mass is 9.94. The third kappa shape index (κ3) is 3.57. The van der Waals surface area contributed by atoms with Crippen LogP contribution in [0.2, 0.25) is 0 Å². The topological polar surface area (TPSA) is 77.2 Å². The molecule has 1 aliphatic heterocycles. The van der Waals surface area contributed by atoms with Gasteiger partial charge in [0.25, 0.3) is 11.6 Å². The number of nitrogens with zero attached hydrogens (tertiary/aromatic N) is 2. The fourth-order valence-corrected chi connectivity index (χ4v) is 3.59. The number of aryl methyl sites for hydroxylation is 1. The van der Waals surface area contributed by atoms with Gasteiger partial charge in [-0.1, -0.05) is 35.5 Å². The molecule has 2 aromatic heterocycles. The van der Waals surface area contributed by atoms with Gasteiger partial charge in [0, 0.05) is 24.1 Å². The van der Waals surface area contributed by atoms with Gasteiger partial charge in [0.15, 0.2) is 0 Å². The first-order valence-corrected chi connectivity index (χ1v) is 9.34. The molecule has 1 aromatic carbocycles. The zero-order chi connectivity index (χ0) is 18.8. The number of amides is 1. The molecule has 1 amide bonds. The number of nitrogens with one attached hydrogen (secondary N) is 1. The Morgan fingerprint density at radius 1 is 1.30 bits per heavy atom. The Kier molecular flexibility index (Phi) is 4.90. The Morgan fingerprint density at radius 3 is 2.85 bits per heavy atom. The van der Waals surface area contributed by atoms with Gasteiger partial charge in [0.05, 0.1) is 28.9 Å². The summed E-state index contributed by atoms with van der Waals surface area (Å²) >= 11 is 0. The average Bonchev–Trinajstić information content (AvgIpc) is 3.09. The summed E-state index contributed by atoms with van der Waals surface area (Å²) in [5.41, 5.74) is 3.21. The van der Waals surface area contributed by atoms with Gasteiger partial charge in [0.2, 0.25) is 0 Å². The summed E-state index contributed by atoms with van der Waals surface area (Å²) in [6.45, 7) is 5.36. The van der Waals surface area contributed by atoms with Gasteiger partial charge in [-0.25, -0.2) is 4.98 Å². The lowest BCUT2D eigenvalue weighted by molar-refractivity contribution is 0.0409. The highest BCUT2D eigenvalue weighted by molar-refractivity contribution is 6.07. The van der Waals surface area contributed by atoms with E-state index in [2.05, 4.69) is 15.5 Å². The maximum absolute atomic E-state index is 13.1. The van der Waals surface area contributed by atoms with Gasteiger partial charge < -0.3 is 14.6 Å². The van der Waals surface area contributed by atoms with Crippen LogP contribution in [-0.2, 0) is 4.74 Å². The number of hydrogen-bond acceptors (Lipinski definition) is 5. The van der Waals surface area contributed by atoms with E-state index in [4.69, 9.17) is 9.26 Å². The van der Waals surface area contributed by atoms with Crippen LogP contribution in [0.4, 0.5) is 0 Å². The first-order valence-electron chi connectivity index (χ1n) is 9.34. The second kappa shape index (κ2) is 7.48. The van der Waals surface area contributed by atoms with Crippen molar-refractivity contribution >= 4 is 17.0 Å². The number of carbonyl (C=O) groups excluding carboxylic acids is 1. The van der Waals surface area contributed by atoms with Crippen LogP contribution in [0.3, 0.4) is 0 Å². The highest BCUT2D eigenvalue weighted by Gasteiger charge is 2.25. The molecule has 2 atom stereocenters. The largest absolute Gasteiger partial charge is 0.381 e. The molecular weight excluding hydrogens is 342 g/mol. The minimum Gasteiger partial charge on any atom is -0.381 e. The molecule has 1 aliphatic rings. The molecule has 2 unspecified atom stereocenters. The van der Waals surface area contributed by atoms with Crippen LogP contribution in [0, 0.1) is 12.8 Å². The first kappa shape index (κ1) is 17.7. The molecule has 1 N–H and O–H groups in total. The van der Waals surface area contributed by atoms with Crippen molar-refractivity contribution in [1.82, 2.24) is 15.5 Å². The molecule has 0 radical (unpaired) electrons. The van der Waals surface area contributed by atoms with Gasteiger partial charge in [-0.05, 0) is 32.8 Å². The molecular formula is C21H23N3O3. The Labute approximate surface area is 157 Å². The summed E-state index contributed by atoms with van der Waals surface area (Å²) in [5, 5.41) is 7.81. The van der Waals surface area contributed by atoms with Crippen molar-refractivity contribution in [3.05, 3.63) is 47.7 Å². The van der Waals surface area contributed by atoms with Crippen molar-refractivity contribution in [3.8, 4) is 11.3 Å². The zero-order valence-corrected chi connectivity index (χ0v) is 15.6. The molecule has 1 saturated heterocycles. The molecule has 3 aromatic rings. The van der Waals surface area contributed by atoms with Gasteiger partial charge in [-0.3, -0.25) is 4.79 Å². The number of aromatic nitrogens is 2. The highest BCUT2D eigenvalue weighted by atomic mass is 16.5. The van der Waals surface area contributed by atoms with E-state index >= 15 is 0 Å². The molecule has 0 aliphatic carbocycles. The second-order valence-corrected chi connectivity index (χ2v) is 7.11. The summed E-state index contributed by atoms with van der Waals surface area (Å²) in [5.74, 6) is 0.196. The number of hydrogen-bond donors (Lipinski definition) is 1. The Hall–Kier alpha value is -2.73. The highest BCUT2D eigenvalue weighted by Crippen LogP contribution is 2.27. The van der Waals surface area contributed by atoms with Gasteiger partial charge in [0.1, 0.15) is 0 Å². The summed E-state index contributed by atoms with van der Waals surface area (Å²) in [6, 6.07) is 11.6. The van der Waals surface area contributed by atoms with Crippen molar-refractivity contribution in [2.75, 3.05) is 13.2 Å². The summed E-state index contributed by atoms with van der Waals surface area (Å²) in [4.78, 5) is 17.6. The molecule has 3 heterocycles. The number of ether oxygens (including phenoxy) is 1. The normalized spacial score (nSPS) is 18.4. The molecule has 6 heteroatoms. The average molecular weight is 365 g/mol. The van der Waals surface area contributed by atoms with Crippen LogP contribution in [-0.4, -0.2) is 35.3 Å². The van der Waals surface area contributed by atoms with Gasteiger partial charge in [-0.2, -0.15) is 0 Å². The van der Waals surface area contributed by atoms with Crippen molar-refractivity contribution in [2.24, 2.45) is 5.92 Å². The van der Waals surface area contributed by atoms with E-state index in [0.717, 1.165) is 25.0 Å². The van der Waals surface area contributed by atoms with Gasteiger partial charge in [-0.15, -0.1) is 0 Å². The summed E-state index contributed by atoms with van der Waals surface area (Å²) in [6.07, 6.45) is 2.10. The smallest absolute Gasteiger partial charge is 0.259 e. The van der Waals surface area contributed by atoms with Crippen LogP contribution in [0.15, 0.2) is 40.9 Å². The predicted molar refractivity (Wildman–Crippen MR) is 102 cm³/mol. The SMILES string of the molecule is Cc1noc2nc(-c3ccccc3)cc(C(=O)NC(C)C3CCCOC3)c12. The van der Waals surface area contributed by atoms with Crippen molar-refractivity contribution in [3.63, 3.8) is 0 Å². The maximum Gasteiger partial charge on any atom is 0.259 e. The monoisotopic (exact) mass is 365 g/mol. The van der Waals surface area contributed by atoms with E-state index < -0.39 is 0 Å². The lowest BCUT2D eigenvalue weighted by Gasteiger charge is -2.28. The fraction of sp³-hybridized carbons (Fsp3) is 0.381. The van der Waals surface area contributed by atoms with E-state index in [1.165, 1.54) is 0 Å². The molecule has 0 spiro atoms. The van der Waals surface area contributed by atoms with Crippen LogP contribution in [0.1, 0.15) is 35.8 Å². The molecule has 1 fully saturated rings. The molecule has 27 heavy (non-hydrogen) atoms. The van der Waals surface area contributed by atoms with Crippen molar-refractivity contribution < 1.29 is 14.1 Å². The van der Waals surface area contributed by atoms with E-state index in [9.17, 15) is 4.79 Å². The third-order valence-corrected chi connectivity index (χ3v) is 5.19. The number of rotatable bonds is 4. The number of fused-ring (bicyclic) bond motifs is 1. The van der Waals surface area contributed by atoms with Crippen molar-refractivity contribution in [2.45, 2.75) is 32.7 Å². The minimum atomic E-state index is -0.135. The molecule has 4 rings (SSSR count). The van der Waals surface area contributed by atoms with Gasteiger partial charge >= 0.3 is 0 Å². The quantitative estimate of drug-likeness (QED) is 0.762. The summed E-state index contributed by atoms with van der Waals surface area (Å²) in [7, 11) is 0. The minimum absolute atomic E-state index is 0.0290. The fourth-order valence-electron chi connectivity index (χ4n) is 3.59. The van der Waals surface area contributed by atoms with Crippen LogP contribution >= 0.6 is 0 Å². The van der Waals surface area contributed by atoms with Crippen LogP contribution in [0.25, 0.3) is 22.4 Å². The molecule has 0 saturated carbocycles. The standard InChI is InChI=1S/C21H23N3O3/c1-13(16-9-6-10-26-12-16)22-20(25)17-11-18(15-7-4-3-5-8-15)23-21-19(17)14(2)24-27-21/h3-5,7-8,11,13,16H,6,9-10,12H2,1-2H3,(H,22,25). The van der Waals surface area contributed by atoms with E-state index in [0.29, 0.717) is 40.6 Å². The lowest BCUT2D eigenvalue weighted by Crippen LogP contribution is -2.41. The van der Waals surface area contributed by atoms with E-state index in [1.807, 2.05) is 50.2 Å². The predicted octanol–water partition coefficient (Wildman–Crippen LogP) is 3.74. The number of benzene rings is 1. The zero-order valence-electron chi connectivity index (χ0n) is 15.6. The number of carbonyl (C=O) groups is 1. The first-order chi connectivity index (χ1) is 13.1. The van der Waals surface area contributed by atoms with E-state index in [-0.39, 0.29) is 11.9 Å². The van der Waals surface area contributed by atoms with E-state index in [1.54, 1.807) is 0 Å². The molecule has 140 valence electrons. The van der Waals surface area contributed by atoms with Crippen molar-refractivity contribution in [1.29, 1.82) is 0 Å².